The smallest absolute Gasteiger partial charge is 0.0363 e. The zero-order chi connectivity index (χ0) is 6.85. The molecule has 0 aromatic heterocycles. The van der Waals surface area contributed by atoms with Crippen molar-refractivity contribution in [1.29, 1.82) is 0 Å². The Kier molecular flexibility index (Phi) is 2.15. The molecule has 0 aliphatic heterocycles. The maximum Gasteiger partial charge on any atom is -0.0363 e. The molecule has 0 bridgehead atoms. The third-order valence-corrected chi connectivity index (χ3v) is 2.86. The Morgan fingerprint density at radius 1 is 1.33 bits per heavy atom. The highest BCUT2D eigenvalue weighted by Crippen LogP contribution is 2.41. The van der Waals surface area contributed by atoms with Crippen molar-refractivity contribution < 1.29 is 0 Å². The highest BCUT2D eigenvalue weighted by molar-refractivity contribution is 4.81. The fourth-order valence-electron chi connectivity index (χ4n) is 1.98. The molecule has 0 aromatic carbocycles. The molecule has 0 heterocycles. The molecule has 0 amide bonds. The van der Waals surface area contributed by atoms with E-state index in [2.05, 4.69) is 20.8 Å². The summed E-state index contributed by atoms with van der Waals surface area (Å²) in [6, 6.07) is 0. The van der Waals surface area contributed by atoms with Gasteiger partial charge in [0.2, 0.25) is 0 Å². The molecule has 1 rings (SSSR count). The highest BCUT2D eigenvalue weighted by atomic mass is 14.4. The van der Waals surface area contributed by atoms with Crippen molar-refractivity contribution in [3.63, 3.8) is 0 Å². The van der Waals surface area contributed by atoms with Gasteiger partial charge >= 0.3 is 0 Å². The molecule has 0 saturated heterocycles. The van der Waals surface area contributed by atoms with Gasteiger partial charge in [-0.3, -0.25) is 0 Å². The summed E-state index contributed by atoms with van der Waals surface area (Å²) in [5.74, 6) is 3.07. The molecule has 0 aromatic rings. The first-order valence-corrected chi connectivity index (χ1v) is 4.25. The minimum atomic E-state index is 0.934. The van der Waals surface area contributed by atoms with E-state index in [-0.39, 0.29) is 0 Å². The predicted octanol–water partition coefficient (Wildman–Crippen LogP) is 3.08. The Morgan fingerprint density at radius 3 is 2.11 bits per heavy atom. The van der Waals surface area contributed by atoms with Gasteiger partial charge in [0.25, 0.3) is 0 Å². The van der Waals surface area contributed by atoms with Gasteiger partial charge in [0, 0.05) is 0 Å². The average Bonchev–Trinajstić information content (AvgIpc) is 1.61. The zero-order valence-corrected chi connectivity index (χ0v) is 6.85. The Morgan fingerprint density at radius 2 is 2.00 bits per heavy atom. The normalized spacial score (nSPS) is 34.7. The van der Waals surface area contributed by atoms with Gasteiger partial charge in [-0.15, -0.1) is 0 Å². The number of hydrogen-bond donors (Lipinski definition) is 0. The first-order chi connectivity index (χ1) is 4.25. The van der Waals surface area contributed by atoms with Crippen LogP contribution >= 0.6 is 0 Å². The summed E-state index contributed by atoms with van der Waals surface area (Å²) in [5.41, 5.74) is 0. The lowest BCUT2D eigenvalue weighted by atomic mass is 9.67. The van der Waals surface area contributed by atoms with E-state index in [0.29, 0.717) is 0 Å². The van der Waals surface area contributed by atoms with E-state index in [1.807, 2.05) is 0 Å². The van der Waals surface area contributed by atoms with Crippen LogP contribution in [0.2, 0.25) is 0 Å². The van der Waals surface area contributed by atoms with E-state index < -0.39 is 0 Å². The minimum absolute atomic E-state index is 0.934. The molecule has 2 atom stereocenters. The summed E-state index contributed by atoms with van der Waals surface area (Å²) in [6.07, 6.45) is 4.40. The molecule has 0 unspecified atom stereocenters. The SMILES string of the molecule is CC[C@H]1CC[C@@H]1C(C)C. The van der Waals surface area contributed by atoms with Crippen LogP contribution in [-0.2, 0) is 0 Å². The molecule has 0 heteroatoms. The molecule has 9 heavy (non-hydrogen) atoms. The maximum absolute atomic E-state index is 2.35. The second-order valence-electron chi connectivity index (χ2n) is 3.65. The fraction of sp³-hybridized carbons (Fsp3) is 1.00. The van der Waals surface area contributed by atoms with Crippen LogP contribution in [0.4, 0.5) is 0 Å². The van der Waals surface area contributed by atoms with Crippen molar-refractivity contribution in [3.8, 4) is 0 Å². The van der Waals surface area contributed by atoms with E-state index in [9.17, 15) is 0 Å². The average molecular weight is 126 g/mol. The standard InChI is InChI=1S/C9H18/c1-4-8-5-6-9(8)7(2)3/h7-9H,4-6H2,1-3H3/t8-,9+/m0/s1. The van der Waals surface area contributed by atoms with Gasteiger partial charge < -0.3 is 0 Å². The summed E-state index contributed by atoms with van der Waals surface area (Å²) < 4.78 is 0. The van der Waals surface area contributed by atoms with Crippen molar-refractivity contribution in [2.24, 2.45) is 17.8 Å². The van der Waals surface area contributed by atoms with E-state index in [1.165, 1.54) is 19.3 Å². The van der Waals surface area contributed by atoms with Crippen molar-refractivity contribution in [2.75, 3.05) is 0 Å². The quantitative estimate of drug-likeness (QED) is 0.533. The topological polar surface area (TPSA) is 0 Å². The first-order valence-electron chi connectivity index (χ1n) is 4.25. The molecular formula is C9H18. The second-order valence-corrected chi connectivity index (χ2v) is 3.65. The number of hydrogen-bond acceptors (Lipinski definition) is 0. The lowest BCUT2D eigenvalue weighted by Crippen LogP contribution is -2.29. The number of rotatable bonds is 2. The highest BCUT2D eigenvalue weighted by Gasteiger charge is 2.30. The molecule has 1 aliphatic rings. The van der Waals surface area contributed by atoms with Crippen molar-refractivity contribution in [1.82, 2.24) is 0 Å². The lowest BCUT2D eigenvalue weighted by molar-refractivity contribution is 0.118. The Hall–Kier alpha value is 0. The van der Waals surface area contributed by atoms with E-state index >= 15 is 0 Å². The van der Waals surface area contributed by atoms with Crippen molar-refractivity contribution >= 4 is 0 Å². The molecule has 0 spiro atoms. The van der Waals surface area contributed by atoms with Crippen LogP contribution in [0.1, 0.15) is 40.0 Å². The van der Waals surface area contributed by atoms with Crippen LogP contribution in [0.25, 0.3) is 0 Å². The Labute approximate surface area is 58.7 Å². The van der Waals surface area contributed by atoms with Crippen LogP contribution in [0.15, 0.2) is 0 Å². The minimum Gasteiger partial charge on any atom is -0.0651 e. The van der Waals surface area contributed by atoms with Crippen LogP contribution in [0.3, 0.4) is 0 Å². The molecule has 0 radical (unpaired) electrons. The van der Waals surface area contributed by atoms with Crippen molar-refractivity contribution in [3.05, 3.63) is 0 Å². The third kappa shape index (κ3) is 1.28. The molecule has 1 aliphatic carbocycles. The first kappa shape index (κ1) is 7.11. The molecule has 54 valence electrons. The van der Waals surface area contributed by atoms with Gasteiger partial charge in [-0.2, -0.15) is 0 Å². The summed E-state index contributed by atoms with van der Waals surface area (Å²) in [4.78, 5) is 0. The van der Waals surface area contributed by atoms with Crippen LogP contribution in [0.5, 0.6) is 0 Å². The largest absolute Gasteiger partial charge is 0.0651 e. The monoisotopic (exact) mass is 126 g/mol. The van der Waals surface area contributed by atoms with E-state index in [1.54, 1.807) is 0 Å². The Bertz CT molecular complexity index is 82.0. The van der Waals surface area contributed by atoms with Gasteiger partial charge in [0.05, 0.1) is 0 Å². The van der Waals surface area contributed by atoms with E-state index in [0.717, 1.165) is 17.8 Å². The van der Waals surface area contributed by atoms with Crippen LogP contribution in [0, 0.1) is 17.8 Å². The molecule has 0 N–H and O–H groups in total. The third-order valence-electron chi connectivity index (χ3n) is 2.86. The summed E-state index contributed by atoms with van der Waals surface area (Å²) in [5, 5.41) is 0. The fourth-order valence-corrected chi connectivity index (χ4v) is 1.98. The lowest BCUT2D eigenvalue weighted by Gasteiger charge is -2.39. The van der Waals surface area contributed by atoms with Gasteiger partial charge in [0.15, 0.2) is 0 Å². The maximum atomic E-state index is 2.35. The zero-order valence-electron chi connectivity index (χ0n) is 6.85. The predicted molar refractivity (Wildman–Crippen MR) is 41.3 cm³/mol. The Balaban J connectivity index is 2.27. The van der Waals surface area contributed by atoms with Gasteiger partial charge in [-0.25, -0.2) is 0 Å². The molecule has 0 nitrogen and oxygen atoms in total. The van der Waals surface area contributed by atoms with Gasteiger partial charge in [-0.1, -0.05) is 27.2 Å². The summed E-state index contributed by atoms with van der Waals surface area (Å²) in [6.45, 7) is 7.03. The molecular weight excluding hydrogens is 108 g/mol. The van der Waals surface area contributed by atoms with Crippen LogP contribution in [-0.4, -0.2) is 0 Å². The van der Waals surface area contributed by atoms with Crippen LogP contribution < -0.4 is 0 Å². The second kappa shape index (κ2) is 2.72. The van der Waals surface area contributed by atoms with Crippen molar-refractivity contribution in [2.45, 2.75) is 40.0 Å². The summed E-state index contributed by atoms with van der Waals surface area (Å²) in [7, 11) is 0. The molecule has 1 saturated carbocycles. The van der Waals surface area contributed by atoms with E-state index in [4.69, 9.17) is 0 Å². The van der Waals surface area contributed by atoms with Gasteiger partial charge in [-0.05, 0) is 30.6 Å². The molecule has 1 fully saturated rings. The summed E-state index contributed by atoms with van der Waals surface area (Å²) >= 11 is 0. The van der Waals surface area contributed by atoms with Gasteiger partial charge in [0.1, 0.15) is 0 Å².